The van der Waals surface area contributed by atoms with Crippen LogP contribution in [0.1, 0.15) is 42.5 Å². The predicted octanol–water partition coefficient (Wildman–Crippen LogP) is 7.09. The minimum absolute atomic E-state index is 0.00335. The van der Waals surface area contributed by atoms with E-state index in [-0.39, 0.29) is 30.2 Å². The van der Waals surface area contributed by atoms with Crippen molar-refractivity contribution in [2.45, 2.75) is 58.0 Å². The summed E-state index contributed by atoms with van der Waals surface area (Å²) in [6.45, 7) is 6.31. The SMILES string of the molecule is CCC(C)NC(=O)C(Cc1ccccc1)N(Cc1ccc(Cl)c(Cl)c1)C(=O)CSCc1ccc(C)cc1. The van der Waals surface area contributed by atoms with Gasteiger partial charge in [-0.05, 0) is 49.1 Å². The molecule has 0 fully saturated rings. The molecular weight excluding hydrogens is 523 g/mol. The van der Waals surface area contributed by atoms with Gasteiger partial charge in [-0.15, -0.1) is 11.8 Å². The third-order valence-electron chi connectivity index (χ3n) is 6.22. The summed E-state index contributed by atoms with van der Waals surface area (Å²) in [6.07, 6.45) is 1.22. The molecule has 3 aromatic carbocycles. The van der Waals surface area contributed by atoms with Gasteiger partial charge in [-0.2, -0.15) is 0 Å². The highest BCUT2D eigenvalue weighted by Gasteiger charge is 2.31. The highest BCUT2D eigenvalue weighted by molar-refractivity contribution is 7.99. The van der Waals surface area contributed by atoms with Gasteiger partial charge in [-0.3, -0.25) is 9.59 Å². The Morgan fingerprint density at radius 3 is 2.24 bits per heavy atom. The number of nitrogens with one attached hydrogen (secondary N) is 1. The predicted molar refractivity (Wildman–Crippen MR) is 156 cm³/mol. The Morgan fingerprint density at radius 2 is 1.59 bits per heavy atom. The molecule has 37 heavy (non-hydrogen) atoms. The summed E-state index contributed by atoms with van der Waals surface area (Å²) >= 11 is 14.0. The summed E-state index contributed by atoms with van der Waals surface area (Å²) in [4.78, 5) is 28.9. The summed E-state index contributed by atoms with van der Waals surface area (Å²) in [6, 6.07) is 22.8. The van der Waals surface area contributed by atoms with Gasteiger partial charge < -0.3 is 10.2 Å². The number of rotatable bonds is 12. The van der Waals surface area contributed by atoms with Crippen LogP contribution in [0.3, 0.4) is 0 Å². The number of thioether (sulfide) groups is 1. The number of nitrogens with zero attached hydrogens (tertiary/aromatic N) is 1. The second-order valence-electron chi connectivity index (χ2n) is 9.27. The van der Waals surface area contributed by atoms with Crippen LogP contribution in [0.4, 0.5) is 0 Å². The molecule has 196 valence electrons. The van der Waals surface area contributed by atoms with E-state index in [4.69, 9.17) is 23.2 Å². The van der Waals surface area contributed by atoms with E-state index in [9.17, 15) is 9.59 Å². The zero-order chi connectivity index (χ0) is 26.8. The Bertz CT molecular complexity index is 1170. The summed E-state index contributed by atoms with van der Waals surface area (Å²) in [5, 5.41) is 3.96. The molecule has 0 heterocycles. The molecule has 2 atom stereocenters. The monoisotopic (exact) mass is 556 g/mol. The summed E-state index contributed by atoms with van der Waals surface area (Å²) in [5.74, 6) is 0.727. The molecule has 0 aliphatic heterocycles. The van der Waals surface area contributed by atoms with Crippen molar-refractivity contribution in [2.24, 2.45) is 0 Å². The van der Waals surface area contributed by atoms with Crippen LogP contribution < -0.4 is 5.32 Å². The van der Waals surface area contributed by atoms with Crippen LogP contribution in [0.25, 0.3) is 0 Å². The average Bonchev–Trinajstić information content (AvgIpc) is 2.89. The molecule has 3 aromatic rings. The van der Waals surface area contributed by atoms with Crippen molar-refractivity contribution in [1.29, 1.82) is 0 Å². The molecule has 0 bridgehead atoms. The van der Waals surface area contributed by atoms with Gasteiger partial charge in [0.2, 0.25) is 11.8 Å². The second-order valence-corrected chi connectivity index (χ2v) is 11.1. The highest BCUT2D eigenvalue weighted by Crippen LogP contribution is 2.25. The maximum atomic E-state index is 13.7. The van der Waals surface area contributed by atoms with E-state index in [1.54, 1.807) is 28.8 Å². The molecule has 0 aromatic heterocycles. The molecule has 0 saturated heterocycles. The molecule has 2 unspecified atom stereocenters. The van der Waals surface area contributed by atoms with Crippen molar-refractivity contribution >= 4 is 46.8 Å². The maximum Gasteiger partial charge on any atom is 0.243 e. The van der Waals surface area contributed by atoms with Crippen LogP contribution in [-0.4, -0.2) is 34.6 Å². The van der Waals surface area contributed by atoms with Gasteiger partial charge in [-0.25, -0.2) is 0 Å². The molecule has 0 aliphatic rings. The molecule has 7 heteroatoms. The fourth-order valence-electron chi connectivity index (χ4n) is 3.85. The molecular formula is C30H34Cl2N2O2S. The number of halogens is 2. The van der Waals surface area contributed by atoms with Crippen LogP contribution in [-0.2, 0) is 28.3 Å². The Balaban J connectivity index is 1.87. The van der Waals surface area contributed by atoms with Gasteiger partial charge in [0, 0.05) is 24.8 Å². The summed E-state index contributed by atoms with van der Waals surface area (Å²) < 4.78 is 0. The van der Waals surface area contributed by atoms with E-state index in [0.717, 1.165) is 28.9 Å². The Labute approximate surface area is 234 Å². The van der Waals surface area contributed by atoms with E-state index in [1.807, 2.05) is 50.2 Å². The summed E-state index contributed by atoms with van der Waals surface area (Å²) in [5.41, 5.74) is 4.18. The molecule has 2 amide bonds. The lowest BCUT2D eigenvalue weighted by Crippen LogP contribution is -2.52. The van der Waals surface area contributed by atoms with E-state index < -0.39 is 6.04 Å². The number of amides is 2. The molecule has 0 radical (unpaired) electrons. The largest absolute Gasteiger partial charge is 0.352 e. The quantitative estimate of drug-likeness (QED) is 0.259. The maximum absolute atomic E-state index is 13.7. The molecule has 3 rings (SSSR count). The first kappa shape index (κ1) is 29.1. The van der Waals surface area contributed by atoms with Crippen LogP contribution in [0.15, 0.2) is 72.8 Å². The van der Waals surface area contributed by atoms with E-state index in [0.29, 0.717) is 16.5 Å². The van der Waals surface area contributed by atoms with Crippen molar-refractivity contribution < 1.29 is 9.59 Å². The number of carbonyl (C=O) groups excluding carboxylic acids is 2. The van der Waals surface area contributed by atoms with Gasteiger partial charge in [0.1, 0.15) is 6.04 Å². The second kappa shape index (κ2) is 14.5. The third kappa shape index (κ3) is 9.10. The van der Waals surface area contributed by atoms with Crippen LogP contribution in [0.5, 0.6) is 0 Å². The standard InChI is InChI=1S/C30H34Cl2N2O2S/c1-4-22(3)33-30(36)28(17-23-8-6-5-7-9-23)34(18-25-14-15-26(31)27(32)16-25)29(35)20-37-19-24-12-10-21(2)11-13-24/h5-16,22,28H,4,17-20H2,1-3H3,(H,33,36). The fraction of sp³-hybridized carbons (Fsp3) is 0.333. The molecule has 0 saturated carbocycles. The number of hydrogen-bond donors (Lipinski definition) is 1. The fourth-order valence-corrected chi connectivity index (χ4v) is 5.04. The first-order chi connectivity index (χ1) is 17.8. The number of carbonyl (C=O) groups is 2. The van der Waals surface area contributed by atoms with Gasteiger partial charge in [0.25, 0.3) is 0 Å². The average molecular weight is 558 g/mol. The molecule has 1 N–H and O–H groups in total. The molecule has 0 aliphatic carbocycles. The van der Waals surface area contributed by atoms with E-state index in [2.05, 4.69) is 36.5 Å². The lowest BCUT2D eigenvalue weighted by Gasteiger charge is -2.32. The van der Waals surface area contributed by atoms with Crippen molar-refractivity contribution in [3.63, 3.8) is 0 Å². The number of aryl methyl sites for hydroxylation is 1. The van der Waals surface area contributed by atoms with Crippen molar-refractivity contribution in [2.75, 3.05) is 5.75 Å². The third-order valence-corrected chi connectivity index (χ3v) is 7.95. The first-order valence-electron chi connectivity index (χ1n) is 12.5. The van der Waals surface area contributed by atoms with Crippen molar-refractivity contribution in [1.82, 2.24) is 10.2 Å². The van der Waals surface area contributed by atoms with Gasteiger partial charge in [0.15, 0.2) is 0 Å². The zero-order valence-corrected chi connectivity index (χ0v) is 23.9. The van der Waals surface area contributed by atoms with E-state index in [1.165, 1.54) is 5.56 Å². The lowest BCUT2D eigenvalue weighted by atomic mass is 10.0. The van der Waals surface area contributed by atoms with Gasteiger partial charge in [0.05, 0.1) is 15.8 Å². The Hall–Kier alpha value is -2.47. The van der Waals surface area contributed by atoms with Crippen LogP contribution in [0, 0.1) is 6.92 Å². The minimum atomic E-state index is -0.668. The van der Waals surface area contributed by atoms with Gasteiger partial charge >= 0.3 is 0 Å². The van der Waals surface area contributed by atoms with Crippen LogP contribution >= 0.6 is 35.0 Å². The summed E-state index contributed by atoms with van der Waals surface area (Å²) in [7, 11) is 0. The van der Waals surface area contributed by atoms with Crippen molar-refractivity contribution in [3.8, 4) is 0 Å². The van der Waals surface area contributed by atoms with Crippen LogP contribution in [0.2, 0.25) is 10.0 Å². The van der Waals surface area contributed by atoms with Crippen molar-refractivity contribution in [3.05, 3.63) is 105 Å². The number of hydrogen-bond acceptors (Lipinski definition) is 3. The lowest BCUT2D eigenvalue weighted by molar-refractivity contribution is -0.139. The van der Waals surface area contributed by atoms with Gasteiger partial charge in [-0.1, -0.05) is 96.4 Å². The normalized spacial score (nSPS) is 12.6. The number of benzene rings is 3. The van der Waals surface area contributed by atoms with E-state index >= 15 is 0 Å². The highest BCUT2D eigenvalue weighted by atomic mass is 35.5. The smallest absolute Gasteiger partial charge is 0.243 e. The molecule has 4 nitrogen and oxygen atoms in total. The Morgan fingerprint density at radius 1 is 0.919 bits per heavy atom. The Kier molecular flexibility index (Phi) is 11.4. The topological polar surface area (TPSA) is 49.4 Å². The first-order valence-corrected chi connectivity index (χ1v) is 14.4. The minimum Gasteiger partial charge on any atom is -0.352 e. The zero-order valence-electron chi connectivity index (χ0n) is 21.5. The molecule has 0 spiro atoms.